The molecule has 2 aromatic rings. The van der Waals surface area contributed by atoms with E-state index >= 15 is 0 Å². The molecule has 0 fully saturated rings. The Balaban J connectivity index is 2.13. The third kappa shape index (κ3) is 2.82. The Morgan fingerprint density at radius 3 is 2.71 bits per heavy atom. The first-order valence-electron chi connectivity index (χ1n) is 5.37. The molecule has 0 spiro atoms. The van der Waals surface area contributed by atoms with Crippen molar-refractivity contribution in [1.82, 2.24) is 35.5 Å². The van der Waals surface area contributed by atoms with Crippen molar-refractivity contribution in [2.45, 2.75) is 19.4 Å². The monoisotopic (exact) mass is 233 g/mol. The molecule has 0 amide bonds. The molecule has 90 valence electrons. The van der Waals surface area contributed by atoms with Crippen molar-refractivity contribution < 1.29 is 0 Å². The molecule has 1 N–H and O–H groups in total. The van der Waals surface area contributed by atoms with Gasteiger partial charge in [-0.1, -0.05) is 0 Å². The topological polar surface area (TPSA) is 81.4 Å². The molecule has 1 atom stereocenters. The Bertz CT molecular complexity index is 476. The maximum Gasteiger partial charge on any atom is 0.176 e. The van der Waals surface area contributed by atoms with E-state index in [2.05, 4.69) is 30.7 Å². The molecular weight excluding hydrogens is 218 g/mol. The van der Waals surface area contributed by atoms with Crippen LogP contribution in [0, 0.1) is 6.92 Å². The predicted molar refractivity (Wildman–Crippen MR) is 61.1 cm³/mol. The molecule has 0 aromatic carbocycles. The average molecular weight is 233 g/mol. The van der Waals surface area contributed by atoms with E-state index in [1.54, 1.807) is 19.4 Å². The molecule has 0 radical (unpaired) electrons. The lowest BCUT2D eigenvalue weighted by atomic mass is 10.1. The van der Waals surface area contributed by atoms with Crippen molar-refractivity contribution in [2.75, 3.05) is 7.05 Å². The van der Waals surface area contributed by atoms with Gasteiger partial charge in [0.25, 0.3) is 0 Å². The Labute approximate surface area is 99.3 Å². The summed E-state index contributed by atoms with van der Waals surface area (Å²) in [4.78, 5) is 10.0. The highest BCUT2D eigenvalue weighted by atomic mass is 15.6. The number of aryl methyl sites for hydroxylation is 2. The van der Waals surface area contributed by atoms with Crippen LogP contribution in [-0.2, 0) is 13.5 Å². The van der Waals surface area contributed by atoms with Crippen LogP contribution in [0.4, 0.5) is 0 Å². The lowest BCUT2D eigenvalue weighted by Gasteiger charge is -2.12. The van der Waals surface area contributed by atoms with Gasteiger partial charge in [-0.3, -0.25) is 9.97 Å². The Hall–Kier alpha value is -1.89. The first-order valence-corrected chi connectivity index (χ1v) is 5.37. The van der Waals surface area contributed by atoms with Crippen LogP contribution in [0.5, 0.6) is 0 Å². The van der Waals surface area contributed by atoms with Gasteiger partial charge in [-0.2, -0.15) is 4.80 Å². The van der Waals surface area contributed by atoms with Gasteiger partial charge < -0.3 is 5.32 Å². The third-order valence-corrected chi connectivity index (χ3v) is 2.44. The number of nitrogens with one attached hydrogen (secondary N) is 1. The highest BCUT2D eigenvalue weighted by Gasteiger charge is 2.14. The Kier molecular flexibility index (Phi) is 3.38. The smallest absolute Gasteiger partial charge is 0.176 e. The van der Waals surface area contributed by atoms with Crippen LogP contribution in [0.15, 0.2) is 12.4 Å². The van der Waals surface area contributed by atoms with E-state index in [1.807, 2.05) is 14.0 Å². The highest BCUT2D eigenvalue weighted by Crippen LogP contribution is 2.12. The van der Waals surface area contributed by atoms with E-state index in [0.717, 1.165) is 11.4 Å². The van der Waals surface area contributed by atoms with Gasteiger partial charge in [-0.05, 0) is 19.2 Å². The molecule has 0 bridgehead atoms. The summed E-state index contributed by atoms with van der Waals surface area (Å²) < 4.78 is 0. The second kappa shape index (κ2) is 4.96. The van der Waals surface area contributed by atoms with E-state index < -0.39 is 0 Å². The molecule has 17 heavy (non-hydrogen) atoms. The van der Waals surface area contributed by atoms with Crippen LogP contribution < -0.4 is 5.32 Å². The molecule has 1 unspecified atom stereocenters. The third-order valence-electron chi connectivity index (χ3n) is 2.44. The SMILES string of the molecule is CNC(Cc1nnn(C)n1)c1cnc(C)cn1. The molecule has 2 heterocycles. The summed E-state index contributed by atoms with van der Waals surface area (Å²) in [6.45, 7) is 1.91. The number of aromatic nitrogens is 6. The van der Waals surface area contributed by atoms with Crippen LogP contribution in [0.1, 0.15) is 23.3 Å². The second-order valence-corrected chi connectivity index (χ2v) is 3.82. The fourth-order valence-corrected chi connectivity index (χ4v) is 1.52. The van der Waals surface area contributed by atoms with Gasteiger partial charge in [0.1, 0.15) is 0 Å². The normalized spacial score (nSPS) is 12.6. The summed E-state index contributed by atoms with van der Waals surface area (Å²) in [6.07, 6.45) is 4.17. The fraction of sp³-hybridized carbons (Fsp3) is 0.500. The number of tetrazole rings is 1. The molecule has 7 nitrogen and oxygen atoms in total. The van der Waals surface area contributed by atoms with Crippen molar-refractivity contribution in [2.24, 2.45) is 7.05 Å². The van der Waals surface area contributed by atoms with E-state index in [0.29, 0.717) is 12.2 Å². The summed E-state index contributed by atoms with van der Waals surface area (Å²) in [5, 5.41) is 15.1. The van der Waals surface area contributed by atoms with Gasteiger partial charge in [-0.15, -0.1) is 10.2 Å². The second-order valence-electron chi connectivity index (χ2n) is 3.82. The van der Waals surface area contributed by atoms with Crippen LogP contribution >= 0.6 is 0 Å². The minimum atomic E-state index is 0.0484. The van der Waals surface area contributed by atoms with Crippen LogP contribution in [0.2, 0.25) is 0 Å². The summed E-state index contributed by atoms with van der Waals surface area (Å²) in [7, 11) is 3.62. The number of nitrogens with zero attached hydrogens (tertiary/aromatic N) is 6. The van der Waals surface area contributed by atoms with Gasteiger partial charge in [0.2, 0.25) is 0 Å². The molecule has 0 saturated carbocycles. The number of likely N-dealkylation sites (N-methyl/N-ethyl adjacent to an activating group) is 1. The zero-order chi connectivity index (χ0) is 12.3. The number of hydrogen-bond acceptors (Lipinski definition) is 6. The maximum absolute atomic E-state index is 4.34. The van der Waals surface area contributed by atoms with Gasteiger partial charge >= 0.3 is 0 Å². The first-order chi connectivity index (χ1) is 8.19. The average Bonchev–Trinajstić information content (AvgIpc) is 2.73. The lowest BCUT2D eigenvalue weighted by molar-refractivity contribution is 0.554. The van der Waals surface area contributed by atoms with Crippen molar-refractivity contribution in [1.29, 1.82) is 0 Å². The van der Waals surface area contributed by atoms with Crippen molar-refractivity contribution in [3.05, 3.63) is 29.6 Å². The predicted octanol–water partition coefficient (Wildman–Crippen LogP) is -0.188. The molecule has 7 heteroatoms. The van der Waals surface area contributed by atoms with E-state index in [4.69, 9.17) is 0 Å². The summed E-state index contributed by atoms with van der Waals surface area (Å²) in [5.74, 6) is 0.689. The Morgan fingerprint density at radius 1 is 1.35 bits per heavy atom. The maximum atomic E-state index is 4.34. The van der Waals surface area contributed by atoms with Gasteiger partial charge in [0.05, 0.1) is 30.7 Å². The molecule has 0 saturated heterocycles. The van der Waals surface area contributed by atoms with Gasteiger partial charge in [-0.25, -0.2) is 0 Å². The molecule has 0 aliphatic heterocycles. The van der Waals surface area contributed by atoms with Gasteiger partial charge in [0, 0.05) is 12.6 Å². The zero-order valence-corrected chi connectivity index (χ0v) is 10.1. The Morgan fingerprint density at radius 2 is 2.18 bits per heavy atom. The van der Waals surface area contributed by atoms with Crippen molar-refractivity contribution >= 4 is 0 Å². The quantitative estimate of drug-likeness (QED) is 0.788. The molecular formula is C10H15N7. The largest absolute Gasteiger partial charge is 0.311 e. The molecule has 0 aliphatic carbocycles. The van der Waals surface area contributed by atoms with Gasteiger partial charge in [0.15, 0.2) is 5.82 Å². The first kappa shape index (κ1) is 11.6. The fourth-order valence-electron chi connectivity index (χ4n) is 1.52. The lowest BCUT2D eigenvalue weighted by Crippen LogP contribution is -2.21. The van der Waals surface area contributed by atoms with Crippen molar-refractivity contribution in [3.8, 4) is 0 Å². The minimum Gasteiger partial charge on any atom is -0.311 e. The van der Waals surface area contributed by atoms with Crippen molar-refractivity contribution in [3.63, 3.8) is 0 Å². The summed E-state index contributed by atoms with van der Waals surface area (Å²) in [5.41, 5.74) is 1.78. The van der Waals surface area contributed by atoms with Crippen LogP contribution in [0.3, 0.4) is 0 Å². The zero-order valence-electron chi connectivity index (χ0n) is 10.1. The van der Waals surface area contributed by atoms with E-state index in [1.165, 1.54) is 4.80 Å². The number of hydrogen-bond donors (Lipinski definition) is 1. The molecule has 2 aromatic heterocycles. The minimum absolute atomic E-state index is 0.0484. The van der Waals surface area contributed by atoms with Crippen LogP contribution in [-0.4, -0.2) is 37.2 Å². The molecule has 2 rings (SSSR count). The number of rotatable bonds is 4. The molecule has 0 aliphatic rings. The highest BCUT2D eigenvalue weighted by molar-refractivity contribution is 5.07. The summed E-state index contributed by atoms with van der Waals surface area (Å²) >= 11 is 0. The summed E-state index contributed by atoms with van der Waals surface area (Å²) in [6, 6.07) is 0.0484. The van der Waals surface area contributed by atoms with Crippen LogP contribution in [0.25, 0.3) is 0 Å². The van der Waals surface area contributed by atoms with E-state index in [-0.39, 0.29) is 6.04 Å². The standard InChI is InChI=1S/C10H15N7/c1-7-5-13-9(6-12-7)8(11-2)4-10-14-16-17(3)15-10/h5-6,8,11H,4H2,1-3H3. The van der Waals surface area contributed by atoms with E-state index in [9.17, 15) is 0 Å².